The lowest BCUT2D eigenvalue weighted by Crippen LogP contribution is -2.60. The zero-order valence-electron chi connectivity index (χ0n) is 37.5. The third-order valence-corrected chi connectivity index (χ3v) is 15.7. The van der Waals surface area contributed by atoms with Crippen LogP contribution in [0.15, 0.2) is 48.1 Å². The summed E-state index contributed by atoms with van der Waals surface area (Å²) in [6.07, 6.45) is 32.4. The second-order valence-corrected chi connectivity index (χ2v) is 20.1. The number of fused-ring (bicyclic) bond motifs is 5. The molecule has 0 aromatic rings. The Balaban J connectivity index is 1.02. The minimum Gasteiger partial charge on any atom is -0.463 e. The summed E-state index contributed by atoms with van der Waals surface area (Å²) in [6, 6.07) is 0. The van der Waals surface area contributed by atoms with Crippen LogP contribution in [-0.2, 0) is 19.0 Å². The zero-order chi connectivity index (χ0) is 41.7. The van der Waals surface area contributed by atoms with Crippen LogP contribution in [0.4, 0.5) is 0 Å². The number of aliphatic hydroxyl groups excluding tert-OH is 3. The van der Waals surface area contributed by atoms with Gasteiger partial charge in [-0.2, -0.15) is 0 Å². The molecule has 0 aromatic carbocycles. The van der Waals surface area contributed by atoms with E-state index in [1.807, 2.05) is 0 Å². The van der Waals surface area contributed by atoms with Gasteiger partial charge in [0.1, 0.15) is 31.0 Å². The molecule has 330 valence electrons. The highest BCUT2D eigenvalue weighted by atomic mass is 16.7. The lowest BCUT2D eigenvalue weighted by Gasteiger charge is -2.58. The largest absolute Gasteiger partial charge is 0.463 e. The monoisotopic (exact) mass is 809 g/mol. The molecular weight excluding hydrogens is 725 g/mol. The zero-order valence-corrected chi connectivity index (χ0v) is 37.5. The molecule has 7 nitrogen and oxygen atoms in total. The van der Waals surface area contributed by atoms with Gasteiger partial charge in [-0.25, -0.2) is 0 Å². The average molecular weight is 809 g/mol. The van der Waals surface area contributed by atoms with Crippen molar-refractivity contribution in [2.45, 2.75) is 213 Å². The van der Waals surface area contributed by atoms with Crippen LogP contribution < -0.4 is 0 Å². The summed E-state index contributed by atoms with van der Waals surface area (Å²) in [6.45, 7) is 14.4. The second-order valence-electron chi connectivity index (χ2n) is 20.1. The average Bonchev–Trinajstić information content (AvgIpc) is 3.56. The van der Waals surface area contributed by atoms with Crippen LogP contribution in [0.5, 0.6) is 0 Å². The Bertz CT molecular complexity index is 1370. The molecule has 1 saturated heterocycles. The summed E-state index contributed by atoms with van der Waals surface area (Å²) in [5, 5.41) is 32.5. The first kappa shape index (κ1) is 47.3. The van der Waals surface area contributed by atoms with Gasteiger partial charge in [-0.05, 0) is 136 Å². The highest BCUT2D eigenvalue weighted by molar-refractivity contribution is 5.69. The molecule has 5 rings (SSSR count). The van der Waals surface area contributed by atoms with E-state index in [0.29, 0.717) is 17.8 Å². The lowest BCUT2D eigenvalue weighted by atomic mass is 9.47. The van der Waals surface area contributed by atoms with E-state index in [2.05, 4.69) is 84.1 Å². The first-order chi connectivity index (χ1) is 27.9. The highest BCUT2D eigenvalue weighted by Gasteiger charge is 2.59. The van der Waals surface area contributed by atoms with Crippen LogP contribution in [-0.4, -0.2) is 64.7 Å². The van der Waals surface area contributed by atoms with E-state index < -0.39 is 30.7 Å². The van der Waals surface area contributed by atoms with Crippen LogP contribution in [0.3, 0.4) is 0 Å². The van der Waals surface area contributed by atoms with Gasteiger partial charge in [-0.15, -0.1) is 0 Å². The summed E-state index contributed by atoms with van der Waals surface area (Å²) < 4.78 is 18.0. The topological polar surface area (TPSA) is 105 Å². The Hall–Kier alpha value is -1.77. The van der Waals surface area contributed by atoms with Crippen molar-refractivity contribution in [3.05, 3.63) is 48.1 Å². The summed E-state index contributed by atoms with van der Waals surface area (Å²) in [5.41, 5.74) is 2.13. The first-order valence-corrected chi connectivity index (χ1v) is 24.0. The summed E-state index contributed by atoms with van der Waals surface area (Å²) in [7, 11) is 0. The van der Waals surface area contributed by atoms with Gasteiger partial charge in [0.05, 0.1) is 6.10 Å². The van der Waals surface area contributed by atoms with Gasteiger partial charge in [0.15, 0.2) is 6.29 Å². The number of rotatable bonds is 22. The molecule has 1 aliphatic heterocycles. The van der Waals surface area contributed by atoms with Crippen molar-refractivity contribution in [2.24, 2.45) is 46.3 Å². The molecule has 58 heavy (non-hydrogen) atoms. The molecular formula is C51H84O7. The van der Waals surface area contributed by atoms with Crippen LogP contribution in [0.25, 0.3) is 0 Å². The first-order valence-electron chi connectivity index (χ1n) is 24.0. The molecule has 1 heterocycles. The molecule has 0 bridgehead atoms. The van der Waals surface area contributed by atoms with Crippen molar-refractivity contribution in [3.8, 4) is 0 Å². The Morgan fingerprint density at radius 3 is 2.31 bits per heavy atom. The Labute approximate surface area is 353 Å². The van der Waals surface area contributed by atoms with Crippen molar-refractivity contribution in [2.75, 3.05) is 6.61 Å². The lowest BCUT2D eigenvalue weighted by molar-refractivity contribution is -0.313. The van der Waals surface area contributed by atoms with Crippen LogP contribution in [0.1, 0.15) is 176 Å². The van der Waals surface area contributed by atoms with E-state index >= 15 is 0 Å². The number of hydrogen-bond donors (Lipinski definition) is 3. The van der Waals surface area contributed by atoms with E-state index in [0.717, 1.165) is 113 Å². The van der Waals surface area contributed by atoms with E-state index in [4.69, 9.17) is 14.2 Å². The van der Waals surface area contributed by atoms with Gasteiger partial charge >= 0.3 is 5.97 Å². The quantitative estimate of drug-likeness (QED) is 0.0568. The molecule has 7 heteroatoms. The molecule has 4 fully saturated rings. The fourth-order valence-electron chi connectivity index (χ4n) is 12.3. The predicted molar refractivity (Wildman–Crippen MR) is 235 cm³/mol. The molecule has 3 N–H and O–H groups in total. The molecule has 4 aliphatic carbocycles. The summed E-state index contributed by atoms with van der Waals surface area (Å²) in [5.74, 6) is 4.40. The van der Waals surface area contributed by atoms with Gasteiger partial charge in [-0.3, -0.25) is 4.79 Å². The van der Waals surface area contributed by atoms with E-state index in [1.54, 1.807) is 0 Å². The van der Waals surface area contributed by atoms with Gasteiger partial charge in [-0.1, -0.05) is 128 Å². The SMILES string of the molecule is CC/C=C\C/C=C\C/C=C\CCCCCCCC(=O)OCC1O[C@@H](O[C@H]2CC[C@@]3(C)C(=CC[C@H]4[C@@H]5CC[C@H]([C@H](C)CCCC(C)C)[C@@]5(C)CC[C@@H]43)C2)C(O)C(O)[C@@H]1O. The maximum atomic E-state index is 12.6. The second kappa shape index (κ2) is 22.9. The standard InChI is InChI=1S/C51H84O7/c1-7-8-9-10-11-12-13-14-15-16-17-18-19-20-21-25-45(52)56-35-44-46(53)47(54)48(55)49(58-44)57-39-30-32-50(5)38(34-39)26-27-40-42-29-28-41(37(4)24-22-23-36(2)3)51(42,6)33-31-43(40)50/h8-9,11-12,14-15,26,36-37,39-44,46-49,53-55H,7,10,13,16-25,27-35H2,1-6H3/b9-8-,12-11-,15-14-/t37-,39+,40+,41-,42+,43+,44?,46-,47?,48?,49-,50+,51-/m1/s1. The molecule has 0 spiro atoms. The molecule has 0 radical (unpaired) electrons. The van der Waals surface area contributed by atoms with Crippen LogP contribution >= 0.6 is 0 Å². The van der Waals surface area contributed by atoms with Crippen molar-refractivity contribution in [1.29, 1.82) is 0 Å². The van der Waals surface area contributed by atoms with Gasteiger partial charge in [0.25, 0.3) is 0 Å². The normalized spacial score (nSPS) is 37.0. The predicted octanol–water partition coefficient (Wildman–Crippen LogP) is 11.4. The number of unbranched alkanes of at least 4 members (excludes halogenated alkanes) is 5. The van der Waals surface area contributed by atoms with Gasteiger partial charge < -0.3 is 29.5 Å². The number of carbonyl (C=O) groups is 1. The Kier molecular flexibility index (Phi) is 18.7. The number of ether oxygens (including phenoxy) is 3. The molecule has 3 unspecified atom stereocenters. The number of allylic oxidation sites excluding steroid dienone is 7. The number of aliphatic hydroxyl groups is 3. The van der Waals surface area contributed by atoms with Crippen LogP contribution in [0.2, 0.25) is 0 Å². The maximum absolute atomic E-state index is 12.6. The third kappa shape index (κ3) is 12.2. The molecule has 0 amide bonds. The third-order valence-electron chi connectivity index (χ3n) is 15.7. The van der Waals surface area contributed by atoms with E-state index in [1.165, 1.54) is 50.5 Å². The number of carbonyl (C=O) groups excluding carboxylic acids is 1. The molecule has 5 aliphatic rings. The smallest absolute Gasteiger partial charge is 0.305 e. The molecule has 13 atom stereocenters. The van der Waals surface area contributed by atoms with Crippen molar-refractivity contribution in [1.82, 2.24) is 0 Å². The Morgan fingerprint density at radius 2 is 1.55 bits per heavy atom. The van der Waals surface area contributed by atoms with E-state index in [-0.39, 0.29) is 24.1 Å². The van der Waals surface area contributed by atoms with Gasteiger partial charge in [0, 0.05) is 6.42 Å². The van der Waals surface area contributed by atoms with Gasteiger partial charge in [0.2, 0.25) is 0 Å². The van der Waals surface area contributed by atoms with Crippen molar-refractivity contribution in [3.63, 3.8) is 0 Å². The summed E-state index contributed by atoms with van der Waals surface area (Å²) >= 11 is 0. The number of esters is 1. The molecule has 0 aromatic heterocycles. The minimum atomic E-state index is -1.45. The maximum Gasteiger partial charge on any atom is 0.305 e. The Morgan fingerprint density at radius 1 is 0.828 bits per heavy atom. The molecule has 3 saturated carbocycles. The van der Waals surface area contributed by atoms with Crippen molar-refractivity contribution < 1.29 is 34.3 Å². The van der Waals surface area contributed by atoms with Crippen LogP contribution in [0, 0.1) is 46.3 Å². The van der Waals surface area contributed by atoms with Crippen molar-refractivity contribution >= 4 is 5.97 Å². The minimum absolute atomic E-state index is 0.145. The highest BCUT2D eigenvalue weighted by Crippen LogP contribution is 2.67. The fraction of sp³-hybridized carbons (Fsp3) is 0.824. The fourth-order valence-corrected chi connectivity index (χ4v) is 12.3. The van der Waals surface area contributed by atoms with E-state index in [9.17, 15) is 20.1 Å². The number of hydrogen-bond acceptors (Lipinski definition) is 7. The summed E-state index contributed by atoms with van der Waals surface area (Å²) in [4.78, 5) is 12.6.